The summed E-state index contributed by atoms with van der Waals surface area (Å²) in [5.74, 6) is 2.70. The van der Waals surface area contributed by atoms with Crippen molar-refractivity contribution in [1.82, 2.24) is 4.98 Å². The molecule has 0 saturated heterocycles. The first-order valence-electron chi connectivity index (χ1n) is 4.43. The molecule has 1 N–H and O–H groups in total. The van der Waals surface area contributed by atoms with E-state index in [0.717, 1.165) is 5.56 Å². The van der Waals surface area contributed by atoms with Crippen molar-refractivity contribution >= 4 is 11.5 Å². The highest BCUT2D eigenvalue weighted by Gasteiger charge is 2.14. The highest BCUT2D eigenvalue weighted by atomic mass is 16.6. The highest BCUT2D eigenvalue weighted by molar-refractivity contribution is 5.56. The quantitative estimate of drug-likeness (QED) is 0.352. The molecule has 0 aliphatic carbocycles. The molecule has 0 amide bonds. The number of aryl methyl sites for hydroxylation is 1. The summed E-state index contributed by atoms with van der Waals surface area (Å²) in [4.78, 5) is 14.2. The van der Waals surface area contributed by atoms with Gasteiger partial charge in [-0.1, -0.05) is 0 Å². The van der Waals surface area contributed by atoms with E-state index in [1.807, 2.05) is 0 Å². The highest BCUT2D eigenvalue weighted by Crippen LogP contribution is 2.21. The number of nitrogens with one attached hydrogen (secondary N) is 1. The first kappa shape index (κ1) is 11.0. The normalized spacial score (nSPS) is 9.33. The first-order chi connectivity index (χ1) is 7.15. The Morgan fingerprint density at radius 3 is 3.07 bits per heavy atom. The maximum atomic E-state index is 10.7. The molecule has 0 aliphatic heterocycles. The summed E-state index contributed by atoms with van der Waals surface area (Å²) in [6, 6.07) is 1.48. The van der Waals surface area contributed by atoms with Crippen LogP contribution in [0.2, 0.25) is 0 Å². The van der Waals surface area contributed by atoms with E-state index >= 15 is 0 Å². The number of nitro groups is 1. The number of terminal acetylenes is 1. The van der Waals surface area contributed by atoms with Gasteiger partial charge in [0.05, 0.1) is 4.92 Å². The largest absolute Gasteiger partial charge is 0.363 e. The maximum absolute atomic E-state index is 10.7. The lowest BCUT2D eigenvalue weighted by atomic mass is 10.3. The van der Waals surface area contributed by atoms with E-state index < -0.39 is 4.92 Å². The first-order valence-corrected chi connectivity index (χ1v) is 4.43. The molecule has 0 spiro atoms. The summed E-state index contributed by atoms with van der Waals surface area (Å²) in [6.07, 6.45) is 7.15. The molecule has 0 fully saturated rings. The second kappa shape index (κ2) is 4.96. The van der Waals surface area contributed by atoms with E-state index in [1.54, 1.807) is 13.1 Å². The molecule has 1 rings (SSSR count). The SMILES string of the molecule is C#CCCNc1ncc(C)cc1[N+](=O)[O-]. The maximum Gasteiger partial charge on any atom is 0.311 e. The predicted octanol–water partition coefficient (Wildman–Crippen LogP) is 1.73. The average Bonchev–Trinajstić information content (AvgIpc) is 2.20. The average molecular weight is 205 g/mol. The molecule has 0 atom stereocenters. The molecule has 5 heteroatoms. The predicted molar refractivity (Wildman–Crippen MR) is 57.6 cm³/mol. The van der Waals surface area contributed by atoms with E-state index in [2.05, 4.69) is 16.2 Å². The number of hydrogen-bond donors (Lipinski definition) is 1. The van der Waals surface area contributed by atoms with Crippen LogP contribution in [-0.4, -0.2) is 16.5 Å². The van der Waals surface area contributed by atoms with Gasteiger partial charge >= 0.3 is 5.69 Å². The van der Waals surface area contributed by atoms with Crippen LogP contribution in [0.15, 0.2) is 12.3 Å². The van der Waals surface area contributed by atoms with E-state index in [0.29, 0.717) is 13.0 Å². The Balaban J connectivity index is 2.87. The Morgan fingerprint density at radius 2 is 2.47 bits per heavy atom. The van der Waals surface area contributed by atoms with Gasteiger partial charge in [-0.05, 0) is 12.5 Å². The second-order valence-electron chi connectivity index (χ2n) is 3.02. The molecule has 0 unspecified atom stereocenters. The molecule has 0 aliphatic rings. The van der Waals surface area contributed by atoms with Gasteiger partial charge in [-0.25, -0.2) is 4.98 Å². The van der Waals surface area contributed by atoms with Gasteiger partial charge in [0.25, 0.3) is 0 Å². The van der Waals surface area contributed by atoms with Crippen molar-refractivity contribution in [1.29, 1.82) is 0 Å². The Hall–Kier alpha value is -2.09. The lowest BCUT2D eigenvalue weighted by Gasteiger charge is -2.04. The van der Waals surface area contributed by atoms with Crippen molar-refractivity contribution < 1.29 is 4.92 Å². The third-order valence-corrected chi connectivity index (χ3v) is 1.76. The monoisotopic (exact) mass is 205 g/mol. The third-order valence-electron chi connectivity index (χ3n) is 1.76. The van der Waals surface area contributed by atoms with Gasteiger partial charge in [0.15, 0.2) is 0 Å². The van der Waals surface area contributed by atoms with Crippen LogP contribution in [0, 0.1) is 29.4 Å². The van der Waals surface area contributed by atoms with Crippen LogP contribution in [0.5, 0.6) is 0 Å². The van der Waals surface area contributed by atoms with Crippen LogP contribution in [-0.2, 0) is 0 Å². The Morgan fingerprint density at radius 1 is 1.73 bits per heavy atom. The lowest BCUT2D eigenvalue weighted by Crippen LogP contribution is -2.05. The van der Waals surface area contributed by atoms with Crippen LogP contribution in [0.3, 0.4) is 0 Å². The third kappa shape index (κ3) is 2.95. The number of pyridine rings is 1. The van der Waals surface area contributed by atoms with Crippen LogP contribution in [0.4, 0.5) is 11.5 Å². The minimum atomic E-state index is -0.460. The lowest BCUT2D eigenvalue weighted by molar-refractivity contribution is -0.384. The molecular formula is C10H11N3O2. The molecule has 78 valence electrons. The zero-order valence-corrected chi connectivity index (χ0v) is 8.36. The van der Waals surface area contributed by atoms with Crippen molar-refractivity contribution in [3.05, 3.63) is 27.9 Å². The fraction of sp³-hybridized carbons (Fsp3) is 0.300. The summed E-state index contributed by atoms with van der Waals surface area (Å²) < 4.78 is 0. The van der Waals surface area contributed by atoms with E-state index in [-0.39, 0.29) is 11.5 Å². The Bertz CT molecular complexity index is 410. The summed E-state index contributed by atoms with van der Waals surface area (Å²) in [5, 5.41) is 13.5. The van der Waals surface area contributed by atoms with Crippen LogP contribution in [0.25, 0.3) is 0 Å². The zero-order valence-electron chi connectivity index (χ0n) is 8.36. The van der Waals surface area contributed by atoms with Crippen LogP contribution < -0.4 is 5.32 Å². The van der Waals surface area contributed by atoms with Crippen molar-refractivity contribution in [2.24, 2.45) is 0 Å². The second-order valence-corrected chi connectivity index (χ2v) is 3.02. The molecule has 0 bridgehead atoms. The summed E-state index contributed by atoms with van der Waals surface area (Å²) in [7, 11) is 0. The number of hydrogen-bond acceptors (Lipinski definition) is 4. The van der Waals surface area contributed by atoms with Crippen molar-refractivity contribution in [3.63, 3.8) is 0 Å². The minimum Gasteiger partial charge on any atom is -0.363 e. The molecule has 1 heterocycles. The molecule has 15 heavy (non-hydrogen) atoms. The Labute approximate surface area is 87.7 Å². The summed E-state index contributed by atoms with van der Waals surface area (Å²) in [5.41, 5.74) is 0.733. The van der Waals surface area contributed by atoms with E-state index in [4.69, 9.17) is 6.42 Å². The standard InChI is InChI=1S/C10H11N3O2/c1-3-4-5-11-10-9(13(14)15)6-8(2)7-12-10/h1,6-7H,4-5H2,2H3,(H,11,12). The van der Waals surface area contributed by atoms with Gasteiger partial charge in [-0.15, -0.1) is 12.3 Å². The van der Waals surface area contributed by atoms with Gasteiger partial charge in [-0.2, -0.15) is 0 Å². The van der Waals surface area contributed by atoms with Crippen molar-refractivity contribution in [2.45, 2.75) is 13.3 Å². The molecular weight excluding hydrogens is 194 g/mol. The molecule has 0 saturated carbocycles. The number of aromatic nitrogens is 1. The van der Waals surface area contributed by atoms with Gasteiger partial charge in [-0.3, -0.25) is 10.1 Å². The molecule has 1 aromatic heterocycles. The smallest absolute Gasteiger partial charge is 0.311 e. The minimum absolute atomic E-state index is 0.0213. The van der Waals surface area contributed by atoms with Crippen LogP contribution >= 0.6 is 0 Å². The number of rotatable bonds is 4. The van der Waals surface area contributed by atoms with E-state index in [9.17, 15) is 10.1 Å². The van der Waals surface area contributed by atoms with Gasteiger partial charge in [0, 0.05) is 25.2 Å². The summed E-state index contributed by atoms with van der Waals surface area (Å²) in [6.45, 7) is 2.23. The topological polar surface area (TPSA) is 68.1 Å². The number of anilines is 1. The Kier molecular flexibility index (Phi) is 3.63. The molecule has 1 aromatic rings. The number of nitrogens with zero attached hydrogens (tertiary/aromatic N) is 2. The molecule has 5 nitrogen and oxygen atoms in total. The van der Waals surface area contributed by atoms with E-state index in [1.165, 1.54) is 6.07 Å². The van der Waals surface area contributed by atoms with Gasteiger partial charge in [0.1, 0.15) is 0 Å². The molecule has 0 radical (unpaired) electrons. The molecule has 0 aromatic carbocycles. The van der Waals surface area contributed by atoms with Crippen molar-refractivity contribution in [2.75, 3.05) is 11.9 Å². The fourth-order valence-corrected chi connectivity index (χ4v) is 1.08. The summed E-state index contributed by atoms with van der Waals surface area (Å²) >= 11 is 0. The van der Waals surface area contributed by atoms with Crippen molar-refractivity contribution in [3.8, 4) is 12.3 Å². The van der Waals surface area contributed by atoms with Crippen LogP contribution in [0.1, 0.15) is 12.0 Å². The fourth-order valence-electron chi connectivity index (χ4n) is 1.08. The van der Waals surface area contributed by atoms with Gasteiger partial charge in [0.2, 0.25) is 5.82 Å². The van der Waals surface area contributed by atoms with Gasteiger partial charge < -0.3 is 5.32 Å². The zero-order chi connectivity index (χ0) is 11.3.